The largest absolute Gasteiger partial charge is 0.472 e. The maximum Gasteiger partial charge on any atom is 0.257 e. The van der Waals surface area contributed by atoms with Gasteiger partial charge >= 0.3 is 0 Å². The van der Waals surface area contributed by atoms with Crippen LogP contribution in [-0.4, -0.2) is 47.8 Å². The van der Waals surface area contributed by atoms with Crippen molar-refractivity contribution in [2.45, 2.75) is 25.7 Å². The standard InChI is InChI=1S/C20H22N2O3/c23-19(17-6-5-15-3-1-2-4-16(15)13-17)21-8-10-22(11-9-21)20(24)18-7-12-25-14-18/h5-7,12-14H,1-4,8-11H2. The number of rotatable bonds is 2. The minimum atomic E-state index is -0.0328. The van der Waals surface area contributed by atoms with E-state index in [1.54, 1.807) is 11.0 Å². The van der Waals surface area contributed by atoms with Crippen molar-refractivity contribution in [2.24, 2.45) is 0 Å². The van der Waals surface area contributed by atoms with Crippen LogP contribution in [0, 0.1) is 0 Å². The monoisotopic (exact) mass is 338 g/mol. The van der Waals surface area contributed by atoms with Gasteiger partial charge in [-0.15, -0.1) is 0 Å². The number of benzene rings is 1. The second kappa shape index (κ2) is 6.75. The Kier molecular flexibility index (Phi) is 4.30. The molecule has 130 valence electrons. The maximum atomic E-state index is 12.8. The summed E-state index contributed by atoms with van der Waals surface area (Å²) in [5.74, 6) is 0.0402. The van der Waals surface area contributed by atoms with Crippen molar-refractivity contribution in [3.05, 3.63) is 59.0 Å². The Hall–Kier alpha value is -2.56. The van der Waals surface area contributed by atoms with E-state index in [1.165, 1.54) is 36.5 Å². The van der Waals surface area contributed by atoms with Crippen molar-refractivity contribution in [2.75, 3.05) is 26.2 Å². The molecule has 1 aromatic heterocycles. The number of nitrogens with zero attached hydrogens (tertiary/aromatic N) is 2. The lowest BCUT2D eigenvalue weighted by molar-refractivity contribution is 0.0535. The molecule has 1 aliphatic heterocycles. The summed E-state index contributed by atoms with van der Waals surface area (Å²) in [6, 6.07) is 7.81. The summed E-state index contributed by atoms with van der Waals surface area (Å²) >= 11 is 0. The number of hydrogen-bond acceptors (Lipinski definition) is 3. The molecule has 25 heavy (non-hydrogen) atoms. The van der Waals surface area contributed by atoms with E-state index in [-0.39, 0.29) is 11.8 Å². The second-order valence-electron chi connectivity index (χ2n) is 6.79. The van der Waals surface area contributed by atoms with E-state index in [2.05, 4.69) is 12.1 Å². The highest BCUT2D eigenvalue weighted by molar-refractivity contribution is 5.96. The first kappa shape index (κ1) is 15.9. The molecule has 0 spiro atoms. The average molecular weight is 338 g/mol. The van der Waals surface area contributed by atoms with Gasteiger partial charge in [-0.05, 0) is 55.0 Å². The van der Waals surface area contributed by atoms with Crippen molar-refractivity contribution in [1.29, 1.82) is 0 Å². The molecule has 1 fully saturated rings. The molecule has 2 aromatic rings. The topological polar surface area (TPSA) is 53.8 Å². The smallest absolute Gasteiger partial charge is 0.257 e. The molecule has 0 unspecified atom stereocenters. The molecule has 2 amide bonds. The number of aryl methyl sites for hydroxylation is 2. The SMILES string of the molecule is O=C(c1ccoc1)N1CCN(C(=O)c2ccc3c(c2)CCCC3)CC1. The van der Waals surface area contributed by atoms with Gasteiger partial charge in [-0.3, -0.25) is 9.59 Å². The predicted octanol–water partition coefficient (Wildman–Crippen LogP) is 2.76. The molecule has 0 radical (unpaired) electrons. The highest BCUT2D eigenvalue weighted by Crippen LogP contribution is 2.23. The van der Waals surface area contributed by atoms with Crippen LogP contribution in [0.5, 0.6) is 0 Å². The van der Waals surface area contributed by atoms with Crippen LogP contribution >= 0.6 is 0 Å². The Morgan fingerprint density at radius 1 is 0.800 bits per heavy atom. The Labute approximate surface area is 147 Å². The average Bonchev–Trinajstić information content (AvgIpc) is 3.21. The van der Waals surface area contributed by atoms with E-state index >= 15 is 0 Å². The Balaban J connectivity index is 1.40. The molecular formula is C20H22N2O3. The molecule has 1 aromatic carbocycles. The molecule has 0 N–H and O–H groups in total. The third-order valence-electron chi connectivity index (χ3n) is 5.22. The highest BCUT2D eigenvalue weighted by Gasteiger charge is 2.26. The van der Waals surface area contributed by atoms with Gasteiger partial charge in [0.25, 0.3) is 11.8 Å². The fourth-order valence-corrected chi connectivity index (χ4v) is 3.73. The zero-order valence-corrected chi connectivity index (χ0v) is 14.2. The molecule has 1 saturated heterocycles. The van der Waals surface area contributed by atoms with Crippen molar-refractivity contribution in [3.8, 4) is 0 Å². The zero-order chi connectivity index (χ0) is 17.2. The van der Waals surface area contributed by atoms with E-state index in [0.29, 0.717) is 31.7 Å². The molecule has 4 rings (SSSR count). The Morgan fingerprint density at radius 2 is 1.44 bits per heavy atom. The molecule has 5 nitrogen and oxygen atoms in total. The van der Waals surface area contributed by atoms with Gasteiger partial charge in [0.15, 0.2) is 0 Å². The highest BCUT2D eigenvalue weighted by atomic mass is 16.3. The molecule has 0 saturated carbocycles. The molecular weight excluding hydrogens is 316 g/mol. The third kappa shape index (κ3) is 3.18. The summed E-state index contributed by atoms with van der Waals surface area (Å²) in [6.45, 7) is 2.25. The number of piperazine rings is 1. The number of amides is 2. The Morgan fingerprint density at radius 3 is 2.08 bits per heavy atom. The first-order valence-corrected chi connectivity index (χ1v) is 8.95. The maximum absolute atomic E-state index is 12.8. The summed E-state index contributed by atoms with van der Waals surface area (Å²) < 4.78 is 4.98. The van der Waals surface area contributed by atoms with Gasteiger partial charge in [-0.25, -0.2) is 0 Å². The molecule has 5 heteroatoms. The summed E-state index contributed by atoms with van der Waals surface area (Å²) in [4.78, 5) is 28.8. The molecule has 1 aliphatic carbocycles. The van der Waals surface area contributed by atoms with Crippen LogP contribution in [0.3, 0.4) is 0 Å². The number of carbonyl (C=O) groups excluding carboxylic acids is 2. The minimum absolute atomic E-state index is 0.0328. The van der Waals surface area contributed by atoms with E-state index in [9.17, 15) is 9.59 Å². The summed E-state index contributed by atoms with van der Waals surface area (Å²) in [6.07, 6.45) is 7.62. The van der Waals surface area contributed by atoms with Gasteiger partial charge in [-0.1, -0.05) is 6.07 Å². The van der Waals surface area contributed by atoms with E-state index in [0.717, 1.165) is 18.4 Å². The summed E-state index contributed by atoms with van der Waals surface area (Å²) in [7, 11) is 0. The van der Waals surface area contributed by atoms with Gasteiger partial charge in [0.05, 0.1) is 11.8 Å². The van der Waals surface area contributed by atoms with E-state index < -0.39 is 0 Å². The number of furan rings is 1. The van der Waals surface area contributed by atoms with E-state index in [1.807, 2.05) is 11.0 Å². The van der Waals surface area contributed by atoms with Crippen LogP contribution in [0.15, 0.2) is 41.2 Å². The van der Waals surface area contributed by atoms with Crippen molar-refractivity contribution in [3.63, 3.8) is 0 Å². The molecule has 2 aliphatic rings. The van der Waals surface area contributed by atoms with Crippen LogP contribution in [0.2, 0.25) is 0 Å². The first-order valence-electron chi connectivity index (χ1n) is 8.95. The molecule has 2 heterocycles. The normalized spacial score (nSPS) is 17.3. The van der Waals surface area contributed by atoms with Crippen LogP contribution in [0.1, 0.15) is 44.7 Å². The fourth-order valence-electron chi connectivity index (χ4n) is 3.73. The van der Waals surface area contributed by atoms with Crippen LogP contribution in [0.4, 0.5) is 0 Å². The van der Waals surface area contributed by atoms with Gasteiger partial charge in [-0.2, -0.15) is 0 Å². The van der Waals surface area contributed by atoms with Gasteiger partial charge < -0.3 is 14.2 Å². The molecule has 0 bridgehead atoms. The van der Waals surface area contributed by atoms with Crippen LogP contribution in [0.25, 0.3) is 0 Å². The second-order valence-corrected chi connectivity index (χ2v) is 6.79. The fraction of sp³-hybridized carbons (Fsp3) is 0.400. The van der Waals surface area contributed by atoms with Gasteiger partial charge in [0.1, 0.15) is 6.26 Å². The lowest BCUT2D eigenvalue weighted by Crippen LogP contribution is -2.50. The lowest BCUT2D eigenvalue weighted by Gasteiger charge is -2.34. The van der Waals surface area contributed by atoms with Crippen molar-refractivity contribution >= 4 is 11.8 Å². The number of hydrogen-bond donors (Lipinski definition) is 0. The zero-order valence-electron chi connectivity index (χ0n) is 14.2. The molecule has 0 atom stereocenters. The lowest BCUT2D eigenvalue weighted by atomic mass is 9.90. The van der Waals surface area contributed by atoms with Crippen LogP contribution < -0.4 is 0 Å². The summed E-state index contributed by atoms with van der Waals surface area (Å²) in [5, 5.41) is 0. The quantitative estimate of drug-likeness (QED) is 0.846. The van der Waals surface area contributed by atoms with E-state index in [4.69, 9.17) is 4.42 Å². The first-order chi connectivity index (χ1) is 12.2. The van der Waals surface area contributed by atoms with Gasteiger partial charge in [0.2, 0.25) is 0 Å². The number of fused-ring (bicyclic) bond motifs is 1. The van der Waals surface area contributed by atoms with Crippen LogP contribution in [-0.2, 0) is 12.8 Å². The Bertz CT molecular complexity index is 774. The van der Waals surface area contributed by atoms with Crippen molar-refractivity contribution in [1.82, 2.24) is 9.80 Å². The van der Waals surface area contributed by atoms with Crippen molar-refractivity contribution < 1.29 is 14.0 Å². The third-order valence-corrected chi connectivity index (χ3v) is 5.22. The minimum Gasteiger partial charge on any atom is -0.472 e. The number of carbonyl (C=O) groups is 2. The predicted molar refractivity (Wildman–Crippen MR) is 93.6 cm³/mol. The summed E-state index contributed by atoms with van der Waals surface area (Å²) in [5.41, 5.74) is 4.05. The van der Waals surface area contributed by atoms with Gasteiger partial charge in [0, 0.05) is 31.7 Å².